The molecule has 5 N–H and O–H groups in total. The number of benzene rings is 2. The Labute approximate surface area is 271 Å². The van der Waals surface area contributed by atoms with Crippen LogP contribution in [0.2, 0.25) is 0 Å². The number of amides is 4. The van der Waals surface area contributed by atoms with Crippen LogP contribution in [0.3, 0.4) is 0 Å². The van der Waals surface area contributed by atoms with Crippen LogP contribution in [0.5, 0.6) is 5.75 Å². The van der Waals surface area contributed by atoms with E-state index in [1.54, 1.807) is 24.1 Å². The number of urea groups is 1. The molecule has 4 heterocycles. The minimum atomic E-state index is -5.40. The Hall–Kier alpha value is -5.31. The predicted molar refractivity (Wildman–Crippen MR) is 166 cm³/mol. The van der Waals surface area contributed by atoms with Gasteiger partial charge in [0.25, 0.3) is 5.91 Å². The van der Waals surface area contributed by atoms with Gasteiger partial charge < -0.3 is 31.1 Å². The Balaban J connectivity index is 1.39. The highest BCUT2D eigenvalue weighted by Crippen LogP contribution is 2.47. The number of likely N-dealkylation sites (tertiary alicyclic amines) is 1. The van der Waals surface area contributed by atoms with Gasteiger partial charge in [0.15, 0.2) is 0 Å². The molecule has 2 atom stereocenters. The number of hydrogen-bond donors (Lipinski definition) is 4. The number of halogens is 4. The van der Waals surface area contributed by atoms with Crippen molar-refractivity contribution >= 4 is 34.4 Å². The van der Waals surface area contributed by atoms with E-state index in [0.717, 1.165) is 30.2 Å². The summed E-state index contributed by atoms with van der Waals surface area (Å²) in [5, 5.41) is 16.7. The maximum atomic E-state index is 14.8. The number of hydrogen-bond acceptors (Lipinski definition) is 7. The molecule has 0 unspecified atom stereocenters. The number of ether oxygens (including phenoxy) is 1. The van der Waals surface area contributed by atoms with Crippen LogP contribution in [-0.2, 0) is 15.8 Å². The van der Waals surface area contributed by atoms with E-state index in [1.165, 1.54) is 31.2 Å². The number of fused-ring (bicyclic) bond motifs is 2. The summed E-state index contributed by atoms with van der Waals surface area (Å²) in [5.41, 5.74) is 0.353. The summed E-state index contributed by atoms with van der Waals surface area (Å²) in [7, 11) is 0. The second-order valence-electron chi connectivity index (χ2n) is 12.1. The molecular weight excluding hydrogens is 636 g/mol. The summed E-state index contributed by atoms with van der Waals surface area (Å²) in [6, 6.07) is 9.52. The van der Waals surface area contributed by atoms with Crippen molar-refractivity contribution in [2.45, 2.75) is 37.5 Å². The number of pyridine rings is 2. The molecule has 48 heavy (non-hydrogen) atoms. The number of primary amides is 1. The van der Waals surface area contributed by atoms with E-state index < -0.39 is 53.1 Å². The molecule has 11 nitrogen and oxygen atoms in total. The molecule has 2 aliphatic heterocycles. The quantitative estimate of drug-likeness (QED) is 0.214. The average Bonchev–Trinajstić information content (AvgIpc) is 3.35. The van der Waals surface area contributed by atoms with Crippen molar-refractivity contribution in [3.63, 3.8) is 0 Å². The molecule has 0 bridgehead atoms. The molecule has 0 spiro atoms. The molecule has 0 saturated carbocycles. The Kier molecular flexibility index (Phi) is 7.98. The van der Waals surface area contributed by atoms with Crippen molar-refractivity contribution in [2.75, 3.05) is 31.6 Å². The zero-order chi connectivity index (χ0) is 34.6. The summed E-state index contributed by atoms with van der Waals surface area (Å²) in [6.45, 7) is 2.54. The van der Waals surface area contributed by atoms with Crippen molar-refractivity contribution in [3.8, 4) is 17.0 Å². The van der Waals surface area contributed by atoms with E-state index in [2.05, 4.69) is 20.6 Å². The topological polar surface area (TPSA) is 160 Å². The summed E-state index contributed by atoms with van der Waals surface area (Å²) < 4.78 is 63.9. The molecule has 4 amide bonds. The van der Waals surface area contributed by atoms with Crippen molar-refractivity contribution in [2.24, 2.45) is 5.73 Å². The molecule has 15 heteroatoms. The van der Waals surface area contributed by atoms with E-state index in [4.69, 9.17) is 10.5 Å². The number of carbonyl (C=O) groups is 3. The van der Waals surface area contributed by atoms with Gasteiger partial charge >= 0.3 is 12.2 Å². The van der Waals surface area contributed by atoms with Gasteiger partial charge in [0, 0.05) is 41.4 Å². The van der Waals surface area contributed by atoms with Crippen molar-refractivity contribution in [3.05, 3.63) is 82.9 Å². The van der Waals surface area contributed by atoms with Crippen LogP contribution in [-0.4, -0.2) is 70.2 Å². The van der Waals surface area contributed by atoms with E-state index in [0.29, 0.717) is 24.0 Å². The summed E-state index contributed by atoms with van der Waals surface area (Å²) in [6.07, 6.45) is -2.98. The van der Waals surface area contributed by atoms with E-state index >= 15 is 0 Å². The largest absolute Gasteiger partial charge is 0.489 e. The van der Waals surface area contributed by atoms with Gasteiger partial charge in [0.1, 0.15) is 29.3 Å². The lowest BCUT2D eigenvalue weighted by Crippen LogP contribution is -2.51. The van der Waals surface area contributed by atoms with Crippen LogP contribution in [0.4, 0.5) is 28.0 Å². The highest BCUT2D eigenvalue weighted by atomic mass is 19.4. The van der Waals surface area contributed by atoms with Crippen LogP contribution in [0.1, 0.15) is 40.5 Å². The van der Waals surface area contributed by atoms with E-state index in [-0.39, 0.29) is 40.4 Å². The number of aliphatic hydroxyl groups is 1. The number of alkyl halides is 3. The highest BCUT2D eigenvalue weighted by Gasteiger charge is 2.57. The van der Waals surface area contributed by atoms with Gasteiger partial charge in [0.05, 0.1) is 23.4 Å². The minimum absolute atomic E-state index is 0.0481. The van der Waals surface area contributed by atoms with Gasteiger partial charge in [0.2, 0.25) is 11.5 Å². The number of carbonyl (C=O) groups excluding carboxylic acids is 3. The highest BCUT2D eigenvalue weighted by molar-refractivity contribution is 6.05. The van der Waals surface area contributed by atoms with Gasteiger partial charge in [-0.1, -0.05) is 0 Å². The van der Waals surface area contributed by atoms with Gasteiger partial charge in [-0.25, -0.2) is 14.2 Å². The lowest BCUT2D eigenvalue weighted by molar-refractivity contribution is -0.265. The predicted octanol–water partition coefficient (Wildman–Crippen LogP) is 4.30. The maximum Gasteiger partial charge on any atom is 0.424 e. The number of nitrogens with two attached hydrogens (primary N) is 1. The van der Waals surface area contributed by atoms with Gasteiger partial charge in [-0.3, -0.25) is 14.6 Å². The lowest BCUT2D eigenvalue weighted by atomic mass is 9.81. The Bertz CT molecular complexity index is 1970. The number of nitrogens with one attached hydrogen (secondary N) is 2. The third-order valence-electron chi connectivity index (χ3n) is 8.70. The van der Waals surface area contributed by atoms with E-state index in [1.807, 2.05) is 0 Å². The maximum absolute atomic E-state index is 14.8. The fourth-order valence-electron chi connectivity index (χ4n) is 5.55. The fourth-order valence-corrected chi connectivity index (χ4v) is 5.55. The van der Waals surface area contributed by atoms with Crippen LogP contribution < -0.4 is 21.1 Å². The summed E-state index contributed by atoms with van der Waals surface area (Å²) in [4.78, 5) is 48.6. The third-order valence-corrected chi connectivity index (χ3v) is 8.70. The zero-order valence-corrected chi connectivity index (χ0v) is 25.7. The second-order valence-corrected chi connectivity index (χ2v) is 12.1. The number of nitrogens with zero attached hydrogens (tertiary/aromatic N) is 3. The number of anilines is 1. The third kappa shape index (κ3) is 5.63. The molecule has 2 aromatic carbocycles. The fraction of sp³-hybridized carbons (Fsp3) is 0.303. The zero-order valence-electron chi connectivity index (χ0n) is 25.7. The Morgan fingerprint density at radius 1 is 1.10 bits per heavy atom. The summed E-state index contributed by atoms with van der Waals surface area (Å²) >= 11 is 0. The van der Waals surface area contributed by atoms with Crippen LogP contribution in [0, 0.1) is 12.7 Å². The van der Waals surface area contributed by atoms with Crippen molar-refractivity contribution < 1.29 is 41.8 Å². The summed E-state index contributed by atoms with van der Waals surface area (Å²) in [5.74, 6) is -2.56. The lowest BCUT2D eigenvalue weighted by Gasteiger charge is -2.31. The number of rotatable bonds is 7. The first kappa shape index (κ1) is 32.6. The first-order chi connectivity index (χ1) is 22.6. The molecule has 4 aromatic rings. The number of aromatic nitrogens is 2. The van der Waals surface area contributed by atoms with Crippen LogP contribution in [0.15, 0.2) is 54.7 Å². The van der Waals surface area contributed by atoms with Gasteiger partial charge in [-0.05, 0) is 74.4 Å². The molecule has 1 saturated heterocycles. The smallest absolute Gasteiger partial charge is 0.424 e. The minimum Gasteiger partial charge on any atom is -0.489 e. The van der Waals surface area contributed by atoms with Gasteiger partial charge in [-0.15, -0.1) is 0 Å². The molecule has 6 rings (SSSR count). The van der Waals surface area contributed by atoms with Gasteiger partial charge in [-0.2, -0.15) is 13.2 Å². The molecule has 250 valence electrons. The standard InChI is InChI=1S/C33H30F4N6O5/c1-17-10-19-11-20(12-23(25(19)39-14-17)41-30(46)43-8-3-9-43)28(44)40-15-32(47,33(35,36)37)24-13-22-27(48-16-31(22,2)29(38)45)26(42-24)18-4-6-21(34)7-5-18/h4-7,10-14,47H,3,8-9,15-16H2,1-2H3,(H2,38,45)(H,40,44)(H,41,46)/t31-,32-/m0/s1. The first-order valence-corrected chi connectivity index (χ1v) is 14.9. The normalized spacial score (nSPS) is 18.4. The van der Waals surface area contributed by atoms with Crippen LogP contribution in [0.25, 0.3) is 22.2 Å². The molecule has 2 aromatic heterocycles. The molecule has 1 fully saturated rings. The Morgan fingerprint density at radius 2 is 1.81 bits per heavy atom. The first-order valence-electron chi connectivity index (χ1n) is 14.9. The molecule has 0 aliphatic carbocycles. The second kappa shape index (κ2) is 11.7. The van der Waals surface area contributed by atoms with Crippen molar-refractivity contribution in [1.29, 1.82) is 0 Å². The van der Waals surface area contributed by atoms with E-state index in [9.17, 15) is 37.1 Å². The Morgan fingerprint density at radius 3 is 2.44 bits per heavy atom. The molecule has 2 aliphatic rings. The van der Waals surface area contributed by atoms with Crippen LogP contribution >= 0.6 is 0 Å². The monoisotopic (exact) mass is 666 g/mol. The SMILES string of the molecule is Cc1cnc2c(NC(=O)N3CCC3)cc(C(=O)NC[C@](O)(c3cc4c(c(-c5ccc(F)cc5)n3)OC[C@]4(C)C(N)=O)C(F)(F)F)cc2c1. The molecule has 0 radical (unpaired) electrons. The molecular formula is C33H30F4N6O5. The number of aryl methyl sites for hydroxylation is 1. The van der Waals surface area contributed by atoms with Crippen molar-refractivity contribution in [1.82, 2.24) is 20.2 Å². The average molecular weight is 667 g/mol.